The van der Waals surface area contributed by atoms with E-state index >= 15 is 0 Å². The molecule has 1 unspecified atom stereocenters. The van der Waals surface area contributed by atoms with Crippen LogP contribution in [0.1, 0.15) is 26.6 Å². The predicted molar refractivity (Wildman–Crippen MR) is 85.5 cm³/mol. The molecular weight excluding hydrogens is 270 g/mol. The van der Waals surface area contributed by atoms with E-state index in [0.29, 0.717) is 12.0 Å². The fourth-order valence-electron chi connectivity index (χ4n) is 2.60. The SMILES string of the molecule is CCc1nsc(NCC(C(C)C)N2CCN(C)CC2)n1. The lowest BCUT2D eigenvalue weighted by Gasteiger charge is -2.39. The maximum atomic E-state index is 4.49. The number of anilines is 1. The van der Waals surface area contributed by atoms with Crippen molar-refractivity contribution in [3.05, 3.63) is 5.82 Å². The Morgan fingerprint density at radius 2 is 1.95 bits per heavy atom. The number of aromatic nitrogens is 2. The first-order valence-electron chi connectivity index (χ1n) is 7.59. The van der Waals surface area contributed by atoms with Crippen molar-refractivity contribution in [1.82, 2.24) is 19.2 Å². The van der Waals surface area contributed by atoms with E-state index < -0.39 is 0 Å². The van der Waals surface area contributed by atoms with Gasteiger partial charge in [-0.25, -0.2) is 4.98 Å². The van der Waals surface area contributed by atoms with Crippen LogP contribution in [-0.4, -0.2) is 65.0 Å². The minimum atomic E-state index is 0.567. The summed E-state index contributed by atoms with van der Waals surface area (Å²) in [6.45, 7) is 12.3. The van der Waals surface area contributed by atoms with E-state index in [0.717, 1.165) is 37.0 Å². The maximum Gasteiger partial charge on any atom is 0.202 e. The number of likely N-dealkylation sites (N-methyl/N-ethyl adjacent to an activating group) is 1. The van der Waals surface area contributed by atoms with Crippen molar-refractivity contribution in [2.45, 2.75) is 33.2 Å². The van der Waals surface area contributed by atoms with Gasteiger partial charge in [0.05, 0.1) is 0 Å². The summed E-state index contributed by atoms with van der Waals surface area (Å²) in [4.78, 5) is 9.50. The van der Waals surface area contributed by atoms with Crippen LogP contribution in [0.4, 0.5) is 5.13 Å². The number of nitrogens with zero attached hydrogens (tertiary/aromatic N) is 4. The molecule has 1 aromatic heterocycles. The van der Waals surface area contributed by atoms with Gasteiger partial charge in [0.2, 0.25) is 5.13 Å². The minimum Gasteiger partial charge on any atom is -0.359 e. The Kier molecular flexibility index (Phi) is 5.74. The summed E-state index contributed by atoms with van der Waals surface area (Å²) in [7, 11) is 2.20. The highest BCUT2D eigenvalue weighted by atomic mass is 32.1. The first-order valence-corrected chi connectivity index (χ1v) is 8.36. The smallest absolute Gasteiger partial charge is 0.202 e. The molecule has 1 N–H and O–H groups in total. The molecule has 1 aliphatic rings. The fourth-order valence-corrected chi connectivity index (χ4v) is 3.26. The number of aryl methyl sites for hydroxylation is 1. The first-order chi connectivity index (χ1) is 9.60. The number of hydrogen-bond acceptors (Lipinski definition) is 6. The van der Waals surface area contributed by atoms with Crippen LogP contribution in [0.2, 0.25) is 0 Å². The zero-order valence-corrected chi connectivity index (χ0v) is 13.9. The molecule has 1 aliphatic heterocycles. The monoisotopic (exact) mass is 297 g/mol. The van der Waals surface area contributed by atoms with Gasteiger partial charge in [-0.2, -0.15) is 4.37 Å². The number of rotatable bonds is 6. The van der Waals surface area contributed by atoms with Gasteiger partial charge in [0.15, 0.2) is 0 Å². The Morgan fingerprint density at radius 1 is 1.25 bits per heavy atom. The highest BCUT2D eigenvalue weighted by molar-refractivity contribution is 7.09. The first kappa shape index (κ1) is 15.7. The summed E-state index contributed by atoms with van der Waals surface area (Å²) < 4.78 is 4.33. The molecule has 5 nitrogen and oxygen atoms in total. The van der Waals surface area contributed by atoms with Crippen molar-refractivity contribution in [2.24, 2.45) is 5.92 Å². The molecule has 0 radical (unpaired) electrons. The average Bonchev–Trinajstić information content (AvgIpc) is 2.88. The number of piperazine rings is 1. The van der Waals surface area contributed by atoms with Crippen LogP contribution in [0.25, 0.3) is 0 Å². The van der Waals surface area contributed by atoms with Gasteiger partial charge in [0.25, 0.3) is 0 Å². The molecule has 0 saturated carbocycles. The van der Waals surface area contributed by atoms with Crippen LogP contribution < -0.4 is 5.32 Å². The molecule has 1 saturated heterocycles. The van der Waals surface area contributed by atoms with E-state index in [4.69, 9.17) is 0 Å². The Labute approximate surface area is 126 Å². The third-order valence-electron chi connectivity index (χ3n) is 4.02. The van der Waals surface area contributed by atoms with Gasteiger partial charge in [-0.1, -0.05) is 20.8 Å². The zero-order chi connectivity index (χ0) is 14.5. The lowest BCUT2D eigenvalue weighted by atomic mass is 10.0. The van der Waals surface area contributed by atoms with Gasteiger partial charge < -0.3 is 10.2 Å². The third-order valence-corrected chi connectivity index (χ3v) is 4.73. The molecule has 0 bridgehead atoms. The summed E-state index contributed by atoms with van der Waals surface area (Å²) in [6.07, 6.45) is 0.907. The summed E-state index contributed by atoms with van der Waals surface area (Å²) in [5.74, 6) is 1.59. The second kappa shape index (κ2) is 7.33. The van der Waals surface area contributed by atoms with Crippen LogP contribution in [0, 0.1) is 5.92 Å². The Balaban J connectivity index is 1.89. The summed E-state index contributed by atoms with van der Waals surface area (Å²) in [6, 6.07) is 0.567. The Morgan fingerprint density at radius 3 is 2.50 bits per heavy atom. The van der Waals surface area contributed by atoms with Crippen molar-refractivity contribution in [2.75, 3.05) is 45.1 Å². The fraction of sp³-hybridized carbons (Fsp3) is 0.857. The molecule has 20 heavy (non-hydrogen) atoms. The van der Waals surface area contributed by atoms with E-state index in [1.165, 1.54) is 24.6 Å². The molecule has 0 aromatic carbocycles. The quantitative estimate of drug-likeness (QED) is 0.867. The lowest BCUT2D eigenvalue weighted by molar-refractivity contribution is 0.0944. The second-order valence-electron chi connectivity index (χ2n) is 5.90. The van der Waals surface area contributed by atoms with Crippen molar-refractivity contribution in [3.8, 4) is 0 Å². The van der Waals surface area contributed by atoms with Gasteiger partial charge in [-0.05, 0) is 13.0 Å². The van der Waals surface area contributed by atoms with E-state index in [1.807, 2.05) is 0 Å². The van der Waals surface area contributed by atoms with Crippen LogP contribution in [-0.2, 0) is 6.42 Å². The molecule has 0 aliphatic carbocycles. The molecule has 0 spiro atoms. The molecule has 1 aromatic rings. The van der Waals surface area contributed by atoms with E-state index in [-0.39, 0.29) is 0 Å². The second-order valence-corrected chi connectivity index (χ2v) is 6.65. The third kappa shape index (κ3) is 4.14. The summed E-state index contributed by atoms with van der Waals surface area (Å²) in [5, 5.41) is 4.44. The highest BCUT2D eigenvalue weighted by Gasteiger charge is 2.24. The minimum absolute atomic E-state index is 0.567. The molecule has 6 heteroatoms. The highest BCUT2D eigenvalue weighted by Crippen LogP contribution is 2.16. The molecule has 2 rings (SSSR count). The molecule has 1 atom stereocenters. The average molecular weight is 297 g/mol. The van der Waals surface area contributed by atoms with E-state index in [2.05, 4.69) is 52.3 Å². The van der Waals surface area contributed by atoms with Gasteiger partial charge in [0.1, 0.15) is 5.82 Å². The van der Waals surface area contributed by atoms with Crippen LogP contribution in [0.5, 0.6) is 0 Å². The lowest BCUT2D eigenvalue weighted by Crippen LogP contribution is -2.52. The van der Waals surface area contributed by atoms with E-state index in [1.54, 1.807) is 0 Å². The number of hydrogen-bond donors (Lipinski definition) is 1. The maximum absolute atomic E-state index is 4.49. The van der Waals surface area contributed by atoms with Gasteiger partial charge in [-0.3, -0.25) is 4.90 Å². The van der Waals surface area contributed by atoms with Crippen molar-refractivity contribution >= 4 is 16.7 Å². The summed E-state index contributed by atoms with van der Waals surface area (Å²) in [5.41, 5.74) is 0. The molecular formula is C14H27N5S. The van der Waals surface area contributed by atoms with Crippen molar-refractivity contribution in [3.63, 3.8) is 0 Å². The zero-order valence-electron chi connectivity index (χ0n) is 13.1. The molecule has 114 valence electrons. The molecule has 1 fully saturated rings. The van der Waals surface area contributed by atoms with Crippen LogP contribution in [0.3, 0.4) is 0 Å². The van der Waals surface area contributed by atoms with E-state index in [9.17, 15) is 0 Å². The number of nitrogens with one attached hydrogen (secondary N) is 1. The molecule has 2 heterocycles. The normalized spacial score (nSPS) is 19.4. The molecule has 0 amide bonds. The van der Waals surface area contributed by atoms with Crippen molar-refractivity contribution in [1.29, 1.82) is 0 Å². The van der Waals surface area contributed by atoms with Gasteiger partial charge >= 0.3 is 0 Å². The largest absolute Gasteiger partial charge is 0.359 e. The van der Waals surface area contributed by atoms with Gasteiger partial charge in [0, 0.05) is 56.7 Å². The van der Waals surface area contributed by atoms with Gasteiger partial charge in [-0.15, -0.1) is 0 Å². The van der Waals surface area contributed by atoms with Crippen molar-refractivity contribution < 1.29 is 0 Å². The van der Waals surface area contributed by atoms with Crippen LogP contribution >= 0.6 is 11.5 Å². The standard InChI is InChI=1S/C14H27N5S/c1-5-13-16-14(20-17-13)15-10-12(11(2)3)19-8-6-18(4)7-9-19/h11-12H,5-10H2,1-4H3,(H,15,16,17). The van der Waals surface area contributed by atoms with Crippen LogP contribution in [0.15, 0.2) is 0 Å². The Bertz CT molecular complexity index is 398. The Hall–Kier alpha value is -0.720. The summed E-state index contributed by atoms with van der Waals surface area (Å²) >= 11 is 1.48. The topological polar surface area (TPSA) is 44.3 Å². The predicted octanol–water partition coefficient (Wildman–Crippen LogP) is 1.78.